The number of carbonyl (C=O) groups excluding carboxylic acids is 2. The number of nitrogens with zero attached hydrogens (tertiary/aromatic N) is 2. The van der Waals surface area contributed by atoms with Gasteiger partial charge in [0.2, 0.25) is 0 Å². The number of carbonyl (C=O) groups is 2. The average molecular weight is 373 g/mol. The molecular formula is C19H23N3O3S. The van der Waals surface area contributed by atoms with E-state index in [-0.39, 0.29) is 12.3 Å². The summed E-state index contributed by atoms with van der Waals surface area (Å²) in [5.41, 5.74) is -0.0863. The summed E-state index contributed by atoms with van der Waals surface area (Å²) in [4.78, 5) is 28.7. The van der Waals surface area contributed by atoms with Gasteiger partial charge in [0.1, 0.15) is 5.54 Å². The molecular weight excluding hydrogens is 350 g/mol. The van der Waals surface area contributed by atoms with Crippen molar-refractivity contribution < 1.29 is 14.3 Å². The predicted molar refractivity (Wildman–Crippen MR) is 100 cm³/mol. The lowest BCUT2D eigenvalue weighted by molar-refractivity contribution is -0.155. The zero-order chi connectivity index (χ0) is 19.3. The number of esters is 1. The van der Waals surface area contributed by atoms with Crippen LogP contribution in [0.15, 0.2) is 24.3 Å². The van der Waals surface area contributed by atoms with E-state index < -0.39 is 23.5 Å². The van der Waals surface area contributed by atoms with Crippen molar-refractivity contribution in [3.63, 3.8) is 0 Å². The second-order valence-corrected chi connectivity index (χ2v) is 7.78. The topological polar surface area (TPSA) is 92.1 Å². The number of para-hydroxylation sites is 1. The van der Waals surface area contributed by atoms with Gasteiger partial charge in [0.05, 0.1) is 27.7 Å². The number of ether oxygens (including phenoxy) is 1. The number of rotatable bonds is 7. The van der Waals surface area contributed by atoms with Crippen molar-refractivity contribution in [1.82, 2.24) is 10.3 Å². The summed E-state index contributed by atoms with van der Waals surface area (Å²) in [6, 6.07) is 9.89. The molecule has 2 aromatic rings. The van der Waals surface area contributed by atoms with Crippen molar-refractivity contribution in [2.45, 2.75) is 52.2 Å². The van der Waals surface area contributed by atoms with Gasteiger partial charge in [-0.25, -0.2) is 4.98 Å². The zero-order valence-corrected chi connectivity index (χ0v) is 16.2. The fraction of sp³-hybridized carbons (Fsp3) is 0.474. The fourth-order valence-corrected chi connectivity index (χ4v) is 3.17. The number of aromatic nitrogens is 1. The normalized spacial score (nSPS) is 14.5. The molecule has 0 aliphatic carbocycles. The second kappa shape index (κ2) is 8.28. The Bertz CT molecular complexity index is 807. The summed E-state index contributed by atoms with van der Waals surface area (Å²) in [5.74, 6) is -1.01. The van der Waals surface area contributed by atoms with Gasteiger partial charge in [0.25, 0.3) is 5.91 Å². The lowest BCUT2D eigenvalue weighted by Crippen LogP contribution is -2.52. The summed E-state index contributed by atoms with van der Waals surface area (Å²) in [6.45, 7) is 6.84. The summed E-state index contributed by atoms with van der Waals surface area (Å²) in [7, 11) is 0. The van der Waals surface area contributed by atoms with Crippen molar-refractivity contribution >= 4 is 33.4 Å². The van der Waals surface area contributed by atoms with Crippen LogP contribution >= 0.6 is 11.3 Å². The molecule has 1 amide bonds. The molecule has 7 heteroatoms. The van der Waals surface area contributed by atoms with E-state index in [1.54, 1.807) is 18.3 Å². The average Bonchev–Trinajstić information content (AvgIpc) is 3.02. The van der Waals surface area contributed by atoms with Crippen molar-refractivity contribution in [3.8, 4) is 6.07 Å². The summed E-state index contributed by atoms with van der Waals surface area (Å²) in [6.07, 6.45) is -0.338. The van der Waals surface area contributed by atoms with Crippen molar-refractivity contribution in [2.75, 3.05) is 0 Å². The Kier molecular flexibility index (Phi) is 6.32. The van der Waals surface area contributed by atoms with Crippen molar-refractivity contribution in [1.29, 1.82) is 5.26 Å². The third kappa shape index (κ3) is 4.79. The highest BCUT2D eigenvalue weighted by Gasteiger charge is 2.32. The number of aryl methyl sites for hydroxylation is 1. The standard InChI is InChI=1S/C19H23N3O3S/c1-12(2)19(4,11-20)22-18(24)13(3)25-17(23)10-9-16-21-14-7-5-6-8-15(14)26-16/h5-8,12-13H,9-10H2,1-4H3,(H,22,24)/t13-,19-/m1/s1. The molecule has 1 N–H and O–H groups in total. The molecule has 0 bridgehead atoms. The molecule has 0 radical (unpaired) electrons. The van der Waals surface area contributed by atoms with Gasteiger partial charge < -0.3 is 10.1 Å². The molecule has 138 valence electrons. The Hall–Kier alpha value is -2.46. The van der Waals surface area contributed by atoms with Crippen LogP contribution in [-0.4, -0.2) is 28.5 Å². The molecule has 1 heterocycles. The molecule has 1 aromatic carbocycles. The van der Waals surface area contributed by atoms with Gasteiger partial charge in [0, 0.05) is 6.42 Å². The molecule has 0 saturated carbocycles. The van der Waals surface area contributed by atoms with Gasteiger partial charge in [-0.1, -0.05) is 26.0 Å². The summed E-state index contributed by atoms with van der Waals surface area (Å²) in [5, 5.41) is 12.8. The van der Waals surface area contributed by atoms with E-state index in [2.05, 4.69) is 16.4 Å². The number of benzene rings is 1. The zero-order valence-electron chi connectivity index (χ0n) is 15.4. The number of nitriles is 1. The van der Waals surface area contributed by atoms with E-state index in [0.717, 1.165) is 15.2 Å². The van der Waals surface area contributed by atoms with Crippen molar-refractivity contribution in [3.05, 3.63) is 29.3 Å². The molecule has 2 atom stereocenters. The van der Waals surface area contributed by atoms with Crippen LogP contribution < -0.4 is 5.32 Å². The minimum atomic E-state index is -1.00. The maximum atomic E-state index is 12.2. The summed E-state index contributed by atoms with van der Waals surface area (Å²) >= 11 is 1.54. The molecule has 2 rings (SSSR count). The monoisotopic (exact) mass is 373 g/mol. The first-order valence-corrected chi connectivity index (χ1v) is 9.34. The fourth-order valence-electron chi connectivity index (χ4n) is 2.20. The predicted octanol–water partition coefficient (Wildman–Crippen LogP) is 3.22. The quantitative estimate of drug-likeness (QED) is 0.752. The Morgan fingerprint density at radius 2 is 2.04 bits per heavy atom. The first kappa shape index (κ1) is 19.9. The third-order valence-electron chi connectivity index (χ3n) is 4.33. The number of hydrogen-bond donors (Lipinski definition) is 1. The first-order valence-electron chi connectivity index (χ1n) is 8.52. The van der Waals surface area contributed by atoms with Crippen LogP contribution in [0.3, 0.4) is 0 Å². The number of nitrogens with one attached hydrogen (secondary N) is 1. The maximum Gasteiger partial charge on any atom is 0.306 e. The minimum absolute atomic E-state index is 0.0709. The van der Waals surface area contributed by atoms with Crippen LogP contribution in [0.2, 0.25) is 0 Å². The van der Waals surface area contributed by atoms with E-state index in [0.29, 0.717) is 6.42 Å². The number of fused-ring (bicyclic) bond motifs is 1. The van der Waals surface area contributed by atoms with Crippen LogP contribution in [0, 0.1) is 17.2 Å². The van der Waals surface area contributed by atoms with Crippen LogP contribution in [-0.2, 0) is 20.7 Å². The van der Waals surface area contributed by atoms with Gasteiger partial charge in [-0.3, -0.25) is 9.59 Å². The molecule has 6 nitrogen and oxygen atoms in total. The molecule has 0 unspecified atom stereocenters. The van der Waals surface area contributed by atoms with Crippen LogP contribution in [0.1, 0.15) is 39.1 Å². The molecule has 0 aliphatic heterocycles. The smallest absolute Gasteiger partial charge is 0.306 e. The highest BCUT2D eigenvalue weighted by Crippen LogP contribution is 2.22. The molecule has 0 fully saturated rings. The van der Waals surface area contributed by atoms with Gasteiger partial charge in [-0.05, 0) is 31.9 Å². The van der Waals surface area contributed by atoms with Crippen LogP contribution in [0.25, 0.3) is 10.2 Å². The minimum Gasteiger partial charge on any atom is -0.453 e. The number of thiazole rings is 1. The number of amides is 1. The Balaban J connectivity index is 1.86. The first-order chi connectivity index (χ1) is 12.2. The molecule has 0 aliphatic rings. The Morgan fingerprint density at radius 1 is 1.35 bits per heavy atom. The van der Waals surface area contributed by atoms with Gasteiger partial charge in [-0.15, -0.1) is 11.3 Å². The SMILES string of the molecule is CC(C)[C@@](C)(C#N)NC(=O)[C@@H](C)OC(=O)CCc1nc2ccccc2s1. The molecule has 0 saturated heterocycles. The lowest BCUT2D eigenvalue weighted by atomic mass is 9.90. The number of hydrogen-bond acceptors (Lipinski definition) is 6. The Morgan fingerprint density at radius 3 is 2.65 bits per heavy atom. The van der Waals surface area contributed by atoms with Gasteiger partial charge in [0.15, 0.2) is 6.10 Å². The molecule has 1 aromatic heterocycles. The van der Waals surface area contributed by atoms with E-state index in [4.69, 9.17) is 4.74 Å². The largest absolute Gasteiger partial charge is 0.453 e. The summed E-state index contributed by atoms with van der Waals surface area (Å²) < 4.78 is 6.27. The second-order valence-electron chi connectivity index (χ2n) is 6.67. The van der Waals surface area contributed by atoms with E-state index in [1.807, 2.05) is 38.1 Å². The van der Waals surface area contributed by atoms with E-state index in [1.165, 1.54) is 6.92 Å². The third-order valence-corrected chi connectivity index (χ3v) is 5.42. The Labute approximate surface area is 157 Å². The van der Waals surface area contributed by atoms with Gasteiger partial charge >= 0.3 is 5.97 Å². The maximum absolute atomic E-state index is 12.2. The van der Waals surface area contributed by atoms with Crippen LogP contribution in [0.4, 0.5) is 0 Å². The highest BCUT2D eigenvalue weighted by molar-refractivity contribution is 7.18. The molecule has 0 spiro atoms. The van der Waals surface area contributed by atoms with Gasteiger partial charge in [-0.2, -0.15) is 5.26 Å². The van der Waals surface area contributed by atoms with E-state index >= 15 is 0 Å². The van der Waals surface area contributed by atoms with Crippen molar-refractivity contribution in [2.24, 2.45) is 5.92 Å². The highest BCUT2D eigenvalue weighted by atomic mass is 32.1. The van der Waals surface area contributed by atoms with Crippen LogP contribution in [0.5, 0.6) is 0 Å². The molecule has 26 heavy (non-hydrogen) atoms. The lowest BCUT2D eigenvalue weighted by Gasteiger charge is -2.28. The van der Waals surface area contributed by atoms with E-state index in [9.17, 15) is 14.9 Å².